The molecule has 0 saturated heterocycles. The Bertz CT molecular complexity index is 979. The molecule has 1 aliphatic heterocycles. The van der Waals surface area contributed by atoms with Gasteiger partial charge in [0.25, 0.3) is 0 Å². The van der Waals surface area contributed by atoms with Gasteiger partial charge in [-0.3, -0.25) is 4.98 Å². The molecule has 0 spiro atoms. The minimum absolute atomic E-state index is 0.142. The zero-order valence-electron chi connectivity index (χ0n) is 20.3. The molecule has 182 valence electrons. The van der Waals surface area contributed by atoms with Gasteiger partial charge in [0, 0.05) is 25.4 Å². The maximum atomic E-state index is 13.0. The van der Waals surface area contributed by atoms with Crippen LogP contribution in [0.3, 0.4) is 0 Å². The molecule has 1 aliphatic rings. The van der Waals surface area contributed by atoms with Crippen LogP contribution < -0.4 is 14.9 Å². The predicted molar refractivity (Wildman–Crippen MR) is 134 cm³/mol. The van der Waals surface area contributed by atoms with E-state index in [1.807, 2.05) is 24.4 Å². The van der Waals surface area contributed by atoms with Gasteiger partial charge in [-0.2, -0.15) is 0 Å². The minimum atomic E-state index is -3.62. The van der Waals surface area contributed by atoms with Crippen molar-refractivity contribution in [3.05, 3.63) is 48.3 Å². The van der Waals surface area contributed by atoms with Gasteiger partial charge in [-0.1, -0.05) is 45.7 Å². The highest BCUT2D eigenvalue weighted by Crippen LogP contribution is 2.34. The van der Waals surface area contributed by atoms with E-state index in [-0.39, 0.29) is 17.1 Å². The van der Waals surface area contributed by atoms with E-state index in [0.29, 0.717) is 25.7 Å². The number of benzene rings is 1. The Labute approximate surface area is 199 Å². The minimum Gasteiger partial charge on any atom is -0.380 e. The lowest BCUT2D eigenvalue weighted by molar-refractivity contribution is 0.108. The number of nitrogens with one attached hydrogen (secondary N) is 2. The van der Waals surface area contributed by atoms with Crippen molar-refractivity contribution in [2.24, 2.45) is 5.92 Å². The topological polar surface area (TPSA) is 83.6 Å². The quantitative estimate of drug-likeness (QED) is 0.407. The number of nitrogens with zero attached hydrogens (tertiary/aromatic N) is 2. The van der Waals surface area contributed by atoms with Gasteiger partial charge >= 0.3 is 0 Å². The monoisotopic (exact) mass is 474 g/mol. The number of unbranched alkanes of at least 4 members (excludes halogenated alkanes) is 2. The van der Waals surface area contributed by atoms with Crippen LogP contribution in [0.4, 0.5) is 11.4 Å². The van der Waals surface area contributed by atoms with E-state index in [0.717, 1.165) is 42.6 Å². The number of rotatable bonds is 13. The lowest BCUT2D eigenvalue weighted by Gasteiger charge is -2.24. The highest BCUT2D eigenvalue weighted by Gasteiger charge is 2.26. The van der Waals surface area contributed by atoms with Gasteiger partial charge in [-0.15, -0.1) is 0 Å². The van der Waals surface area contributed by atoms with Gasteiger partial charge in [0.15, 0.2) is 0 Å². The zero-order valence-corrected chi connectivity index (χ0v) is 21.1. The van der Waals surface area contributed by atoms with Crippen LogP contribution in [-0.4, -0.2) is 38.8 Å². The normalized spacial score (nSPS) is 16.6. The summed E-state index contributed by atoms with van der Waals surface area (Å²) in [5, 5.41) is 3.41. The average molecular weight is 475 g/mol. The molecule has 0 saturated carbocycles. The van der Waals surface area contributed by atoms with Crippen LogP contribution in [0, 0.1) is 5.92 Å². The summed E-state index contributed by atoms with van der Waals surface area (Å²) in [6, 6.07) is 8.91. The summed E-state index contributed by atoms with van der Waals surface area (Å²) < 4.78 is 34.7. The summed E-state index contributed by atoms with van der Waals surface area (Å²) in [4.78, 5) is 6.70. The highest BCUT2D eigenvalue weighted by atomic mass is 32.2. The second-order valence-corrected chi connectivity index (χ2v) is 10.9. The van der Waals surface area contributed by atoms with Crippen molar-refractivity contribution in [1.82, 2.24) is 9.71 Å². The molecule has 0 fully saturated rings. The Kier molecular flexibility index (Phi) is 9.11. The third-order valence-electron chi connectivity index (χ3n) is 5.81. The number of aromatic nitrogens is 1. The molecule has 1 unspecified atom stereocenters. The Morgan fingerprint density at radius 1 is 1.18 bits per heavy atom. The number of ether oxygens (including phenoxy) is 1. The molecule has 0 radical (unpaired) electrons. The van der Waals surface area contributed by atoms with Crippen LogP contribution in [0.1, 0.15) is 58.9 Å². The van der Waals surface area contributed by atoms with Gasteiger partial charge in [0.2, 0.25) is 10.0 Å². The van der Waals surface area contributed by atoms with Gasteiger partial charge in [-0.25, -0.2) is 13.1 Å². The molecular formula is C25H38N4O3S. The first-order valence-corrected chi connectivity index (χ1v) is 13.4. The highest BCUT2D eigenvalue weighted by molar-refractivity contribution is 7.89. The summed E-state index contributed by atoms with van der Waals surface area (Å²) in [6.45, 7) is 10.2. The molecule has 7 nitrogen and oxygen atoms in total. The van der Waals surface area contributed by atoms with Crippen molar-refractivity contribution < 1.29 is 13.2 Å². The number of fused-ring (bicyclic) bond motifs is 1. The smallest absolute Gasteiger partial charge is 0.240 e. The third kappa shape index (κ3) is 7.16. The van der Waals surface area contributed by atoms with Crippen LogP contribution in [0.2, 0.25) is 0 Å². The second kappa shape index (κ2) is 11.8. The number of hydrogen-bond acceptors (Lipinski definition) is 6. The van der Waals surface area contributed by atoms with E-state index in [2.05, 4.69) is 47.6 Å². The summed E-state index contributed by atoms with van der Waals surface area (Å²) >= 11 is 0. The lowest BCUT2D eigenvalue weighted by Crippen LogP contribution is -2.39. The number of pyridine rings is 1. The van der Waals surface area contributed by atoms with E-state index < -0.39 is 10.0 Å². The molecule has 2 N–H and O–H groups in total. The van der Waals surface area contributed by atoms with Gasteiger partial charge < -0.3 is 15.0 Å². The first-order valence-electron chi connectivity index (χ1n) is 12.0. The standard InChI is InChI=1S/C25H38N4O3S/c1-5-6-7-14-32-18-22(15-19(2)3)28-33(30,31)23-10-8-21(9-11-23)17-29-20(4)27-24-16-26-13-12-25(24)29/h8-13,16,19-20,22,27-28H,5-7,14-15,17-18H2,1-4H3/t20?,22-/m0/s1. The molecule has 3 rings (SSSR count). The maximum absolute atomic E-state index is 13.0. The van der Waals surface area contributed by atoms with Crippen LogP contribution in [0.15, 0.2) is 47.6 Å². The number of hydrogen-bond donors (Lipinski definition) is 2. The molecule has 33 heavy (non-hydrogen) atoms. The van der Waals surface area contributed by atoms with Crippen molar-refractivity contribution >= 4 is 21.4 Å². The fraction of sp³-hybridized carbons (Fsp3) is 0.560. The maximum Gasteiger partial charge on any atom is 0.240 e. The van der Waals surface area contributed by atoms with E-state index in [1.54, 1.807) is 18.3 Å². The Balaban J connectivity index is 1.63. The van der Waals surface area contributed by atoms with Gasteiger partial charge in [0.1, 0.15) is 0 Å². The molecule has 2 aromatic rings. The summed E-state index contributed by atoms with van der Waals surface area (Å²) in [5.41, 5.74) is 3.16. The summed E-state index contributed by atoms with van der Waals surface area (Å²) in [6.07, 6.45) is 7.76. The molecule has 2 heterocycles. The van der Waals surface area contributed by atoms with E-state index in [4.69, 9.17) is 4.74 Å². The Hall–Kier alpha value is -2.16. The third-order valence-corrected chi connectivity index (χ3v) is 7.35. The molecule has 0 amide bonds. The summed E-state index contributed by atoms with van der Waals surface area (Å²) in [7, 11) is -3.62. The predicted octanol–water partition coefficient (Wildman–Crippen LogP) is 4.76. The lowest BCUT2D eigenvalue weighted by atomic mass is 10.1. The zero-order chi connectivity index (χ0) is 23.8. The van der Waals surface area contributed by atoms with Crippen molar-refractivity contribution in [1.29, 1.82) is 0 Å². The van der Waals surface area contributed by atoms with Crippen LogP contribution in [0.5, 0.6) is 0 Å². The Morgan fingerprint density at radius 3 is 2.64 bits per heavy atom. The fourth-order valence-electron chi connectivity index (χ4n) is 4.14. The van der Waals surface area contributed by atoms with Crippen molar-refractivity contribution in [3.63, 3.8) is 0 Å². The molecule has 2 atom stereocenters. The van der Waals surface area contributed by atoms with Crippen LogP contribution in [-0.2, 0) is 21.3 Å². The molecular weight excluding hydrogens is 436 g/mol. The average Bonchev–Trinajstić information content (AvgIpc) is 3.08. The molecule has 8 heteroatoms. The van der Waals surface area contributed by atoms with E-state index >= 15 is 0 Å². The second-order valence-electron chi connectivity index (χ2n) is 9.21. The van der Waals surface area contributed by atoms with Crippen molar-refractivity contribution in [2.45, 2.75) is 77.0 Å². The first-order chi connectivity index (χ1) is 15.8. The van der Waals surface area contributed by atoms with Crippen molar-refractivity contribution in [3.8, 4) is 0 Å². The molecule has 0 aliphatic carbocycles. The van der Waals surface area contributed by atoms with Crippen LogP contribution >= 0.6 is 0 Å². The van der Waals surface area contributed by atoms with Gasteiger partial charge in [-0.05, 0) is 49.4 Å². The summed E-state index contributed by atoms with van der Waals surface area (Å²) in [5.74, 6) is 0.369. The Morgan fingerprint density at radius 2 is 1.94 bits per heavy atom. The van der Waals surface area contributed by atoms with E-state index in [9.17, 15) is 8.42 Å². The SMILES string of the molecule is CCCCCOC[C@H](CC(C)C)NS(=O)(=O)c1ccc(CN2c3ccncc3NC2C)cc1. The van der Waals surface area contributed by atoms with Crippen LogP contribution in [0.25, 0.3) is 0 Å². The fourth-order valence-corrected chi connectivity index (χ4v) is 5.37. The first kappa shape index (κ1) is 25.5. The molecule has 0 bridgehead atoms. The van der Waals surface area contributed by atoms with Gasteiger partial charge in [0.05, 0.1) is 35.2 Å². The number of anilines is 2. The largest absolute Gasteiger partial charge is 0.380 e. The number of sulfonamides is 1. The van der Waals surface area contributed by atoms with E-state index in [1.165, 1.54) is 0 Å². The molecule has 1 aromatic heterocycles. The van der Waals surface area contributed by atoms with Crippen molar-refractivity contribution in [2.75, 3.05) is 23.4 Å². The molecule has 1 aromatic carbocycles.